The second-order valence-electron chi connectivity index (χ2n) is 6.02. The van der Waals surface area contributed by atoms with Gasteiger partial charge < -0.3 is 9.47 Å². The summed E-state index contributed by atoms with van der Waals surface area (Å²) in [6.07, 6.45) is 1.53. The number of carbonyl (C=O) groups excluding carboxylic acids is 1. The summed E-state index contributed by atoms with van der Waals surface area (Å²) in [6, 6.07) is 14.2. The Balaban J connectivity index is 1.63. The number of aromatic amines is 1. The maximum Gasteiger partial charge on any atom is 0.337 e. The quantitative estimate of drug-likeness (QED) is 0.381. The molecule has 3 aromatic rings. The monoisotopic (exact) mass is 410 g/mol. The number of methoxy groups -OCH3 is 1. The first-order valence-corrected chi connectivity index (χ1v) is 9.01. The molecule has 0 spiro atoms. The van der Waals surface area contributed by atoms with E-state index in [0.29, 0.717) is 17.9 Å². The highest BCUT2D eigenvalue weighted by atomic mass is 32.1. The van der Waals surface area contributed by atoms with Crippen LogP contribution in [-0.4, -0.2) is 34.2 Å². The molecule has 9 heteroatoms. The van der Waals surface area contributed by atoms with Crippen molar-refractivity contribution in [3.05, 3.63) is 86.0 Å². The van der Waals surface area contributed by atoms with E-state index in [0.717, 1.165) is 15.8 Å². The molecule has 1 heterocycles. The molecule has 8 nitrogen and oxygen atoms in total. The first kappa shape index (κ1) is 20.2. The summed E-state index contributed by atoms with van der Waals surface area (Å²) in [7, 11) is 1.35. The standard InChI is InChI=1S/C20H18N4O4S/c1-13-18(25)24(20(29)23-22-13)21-11-14-5-9-17(10-6-14)28-12-15-3-7-16(8-4-15)19(26)27-2/h3-11H,12H2,1-2H3,(H,23,29)/b21-11+. The van der Waals surface area contributed by atoms with Gasteiger partial charge in [-0.15, -0.1) is 0 Å². The number of hydrogen-bond donors (Lipinski definition) is 1. The van der Waals surface area contributed by atoms with Gasteiger partial charge in [-0.3, -0.25) is 9.89 Å². The lowest BCUT2D eigenvalue weighted by Gasteiger charge is -2.07. The number of aromatic nitrogens is 3. The zero-order valence-electron chi connectivity index (χ0n) is 15.8. The number of esters is 1. The number of aryl methyl sites for hydroxylation is 1. The maximum atomic E-state index is 12.0. The molecule has 0 radical (unpaired) electrons. The molecule has 0 amide bonds. The van der Waals surface area contributed by atoms with Gasteiger partial charge in [0, 0.05) is 0 Å². The van der Waals surface area contributed by atoms with Crippen molar-refractivity contribution >= 4 is 24.4 Å². The predicted octanol–water partition coefficient (Wildman–Crippen LogP) is 2.86. The molecule has 0 saturated heterocycles. The number of rotatable bonds is 6. The van der Waals surface area contributed by atoms with E-state index in [9.17, 15) is 9.59 Å². The zero-order valence-corrected chi connectivity index (χ0v) is 16.6. The maximum absolute atomic E-state index is 12.0. The normalized spacial score (nSPS) is 10.8. The second kappa shape index (κ2) is 9.07. The van der Waals surface area contributed by atoms with Crippen molar-refractivity contribution in [2.24, 2.45) is 5.10 Å². The summed E-state index contributed by atoms with van der Waals surface area (Å²) in [5.41, 5.74) is 2.09. The molecule has 2 aromatic carbocycles. The largest absolute Gasteiger partial charge is 0.489 e. The van der Waals surface area contributed by atoms with Crippen molar-refractivity contribution in [1.82, 2.24) is 14.9 Å². The third-order valence-corrected chi connectivity index (χ3v) is 4.26. The minimum atomic E-state index is -0.375. The van der Waals surface area contributed by atoms with Gasteiger partial charge in [0.2, 0.25) is 4.77 Å². The van der Waals surface area contributed by atoms with Crippen LogP contribution in [0.1, 0.15) is 27.2 Å². The molecule has 148 valence electrons. The van der Waals surface area contributed by atoms with Gasteiger partial charge in [0.15, 0.2) is 0 Å². The minimum absolute atomic E-state index is 0.120. The summed E-state index contributed by atoms with van der Waals surface area (Å²) >= 11 is 5.03. The van der Waals surface area contributed by atoms with Crippen LogP contribution in [0.15, 0.2) is 58.4 Å². The van der Waals surface area contributed by atoms with E-state index in [1.807, 2.05) is 24.3 Å². The zero-order chi connectivity index (χ0) is 20.8. The van der Waals surface area contributed by atoms with Crippen LogP contribution in [0.2, 0.25) is 0 Å². The summed E-state index contributed by atoms with van der Waals surface area (Å²) in [5, 5.41) is 10.5. The Morgan fingerprint density at radius 3 is 2.55 bits per heavy atom. The third kappa shape index (κ3) is 5.02. The van der Waals surface area contributed by atoms with Gasteiger partial charge in [-0.2, -0.15) is 14.9 Å². The van der Waals surface area contributed by atoms with E-state index in [-0.39, 0.29) is 22.0 Å². The van der Waals surface area contributed by atoms with Crippen LogP contribution >= 0.6 is 12.2 Å². The third-order valence-electron chi connectivity index (χ3n) is 4.00. The van der Waals surface area contributed by atoms with E-state index in [1.165, 1.54) is 13.3 Å². The Bertz CT molecular complexity index is 1150. The number of nitrogens with one attached hydrogen (secondary N) is 1. The molecule has 0 saturated carbocycles. The lowest BCUT2D eigenvalue weighted by atomic mass is 10.1. The Morgan fingerprint density at radius 2 is 1.90 bits per heavy atom. The van der Waals surface area contributed by atoms with Crippen molar-refractivity contribution in [3.63, 3.8) is 0 Å². The Morgan fingerprint density at radius 1 is 1.21 bits per heavy atom. The molecule has 0 aliphatic rings. The Hall–Kier alpha value is -3.59. The Kier molecular flexibility index (Phi) is 6.30. The van der Waals surface area contributed by atoms with Crippen LogP contribution in [0, 0.1) is 11.7 Å². The number of benzene rings is 2. The molecule has 1 N–H and O–H groups in total. The summed E-state index contributed by atoms with van der Waals surface area (Å²) in [4.78, 5) is 23.5. The average molecular weight is 410 g/mol. The predicted molar refractivity (Wildman–Crippen MR) is 110 cm³/mol. The van der Waals surface area contributed by atoms with E-state index < -0.39 is 0 Å². The van der Waals surface area contributed by atoms with Crippen molar-refractivity contribution in [1.29, 1.82) is 0 Å². The molecule has 0 aliphatic carbocycles. The van der Waals surface area contributed by atoms with Crippen LogP contribution in [0.25, 0.3) is 0 Å². The lowest BCUT2D eigenvalue weighted by Crippen LogP contribution is -2.22. The van der Waals surface area contributed by atoms with Gasteiger partial charge in [-0.05, 0) is 66.7 Å². The number of nitrogens with zero attached hydrogens (tertiary/aromatic N) is 3. The van der Waals surface area contributed by atoms with Gasteiger partial charge in [0.25, 0.3) is 5.56 Å². The first-order chi connectivity index (χ1) is 14.0. The smallest absolute Gasteiger partial charge is 0.337 e. The molecule has 1 aromatic heterocycles. The molecule has 0 fully saturated rings. The number of carbonyl (C=O) groups is 1. The fraction of sp³-hybridized carbons (Fsp3) is 0.150. The highest BCUT2D eigenvalue weighted by Gasteiger charge is 2.05. The van der Waals surface area contributed by atoms with Crippen LogP contribution in [-0.2, 0) is 11.3 Å². The van der Waals surface area contributed by atoms with Crippen molar-refractivity contribution < 1.29 is 14.3 Å². The fourth-order valence-corrected chi connectivity index (χ4v) is 2.55. The highest BCUT2D eigenvalue weighted by molar-refractivity contribution is 7.71. The molecular weight excluding hydrogens is 392 g/mol. The second-order valence-corrected chi connectivity index (χ2v) is 6.41. The van der Waals surface area contributed by atoms with Gasteiger partial charge >= 0.3 is 5.97 Å². The van der Waals surface area contributed by atoms with Crippen LogP contribution in [0.4, 0.5) is 0 Å². The van der Waals surface area contributed by atoms with E-state index >= 15 is 0 Å². The van der Waals surface area contributed by atoms with Gasteiger partial charge in [0.05, 0.1) is 18.9 Å². The van der Waals surface area contributed by atoms with Crippen LogP contribution < -0.4 is 10.3 Å². The molecule has 29 heavy (non-hydrogen) atoms. The Labute approximate surface area is 171 Å². The van der Waals surface area contributed by atoms with Crippen molar-refractivity contribution in [3.8, 4) is 5.75 Å². The van der Waals surface area contributed by atoms with E-state index in [1.54, 1.807) is 31.2 Å². The lowest BCUT2D eigenvalue weighted by molar-refractivity contribution is 0.0600. The number of ether oxygens (including phenoxy) is 2. The molecule has 0 aliphatic heterocycles. The molecular formula is C20H18N4O4S. The molecule has 0 unspecified atom stereocenters. The SMILES string of the molecule is COC(=O)c1ccc(COc2ccc(/C=N/n3c(=S)[nH]nc(C)c3=O)cc2)cc1. The fourth-order valence-electron chi connectivity index (χ4n) is 2.37. The first-order valence-electron chi connectivity index (χ1n) is 8.61. The minimum Gasteiger partial charge on any atom is -0.489 e. The van der Waals surface area contributed by atoms with E-state index in [4.69, 9.17) is 17.0 Å². The number of H-pyrrole nitrogens is 1. The molecule has 0 bridgehead atoms. The van der Waals surface area contributed by atoms with E-state index in [2.05, 4.69) is 20.0 Å². The van der Waals surface area contributed by atoms with Crippen molar-refractivity contribution in [2.45, 2.75) is 13.5 Å². The molecule has 3 rings (SSSR count). The summed E-state index contributed by atoms with van der Waals surface area (Å²) in [5.74, 6) is 0.299. The van der Waals surface area contributed by atoms with Gasteiger partial charge in [0.1, 0.15) is 18.1 Å². The van der Waals surface area contributed by atoms with Crippen LogP contribution in [0.3, 0.4) is 0 Å². The van der Waals surface area contributed by atoms with Crippen molar-refractivity contribution in [2.75, 3.05) is 7.11 Å². The summed E-state index contributed by atoms with van der Waals surface area (Å²) in [6.45, 7) is 1.93. The average Bonchev–Trinajstić information content (AvgIpc) is 2.75. The van der Waals surface area contributed by atoms with Crippen LogP contribution in [0.5, 0.6) is 5.75 Å². The summed E-state index contributed by atoms with van der Waals surface area (Å²) < 4.78 is 11.6. The highest BCUT2D eigenvalue weighted by Crippen LogP contribution is 2.14. The molecule has 0 atom stereocenters. The number of hydrogen-bond acceptors (Lipinski definition) is 7. The topological polar surface area (TPSA) is 98.6 Å². The van der Waals surface area contributed by atoms with Gasteiger partial charge in [-0.25, -0.2) is 4.79 Å². The van der Waals surface area contributed by atoms with Gasteiger partial charge in [-0.1, -0.05) is 12.1 Å².